The number of benzene rings is 1. The second-order valence-corrected chi connectivity index (χ2v) is 4.81. The third-order valence-corrected chi connectivity index (χ3v) is 2.44. The molecule has 0 aliphatic carbocycles. The van der Waals surface area contributed by atoms with Gasteiger partial charge in [0.1, 0.15) is 0 Å². The van der Waals surface area contributed by atoms with Gasteiger partial charge < -0.3 is 14.8 Å². The molecule has 114 valence electrons. The van der Waals surface area contributed by atoms with Gasteiger partial charge in [0.25, 0.3) is 0 Å². The number of esters is 2. The maximum absolute atomic E-state index is 12.0. The quantitative estimate of drug-likeness (QED) is 0.488. The average Bonchev–Trinajstić information content (AvgIpc) is 2.36. The highest BCUT2D eigenvalue weighted by Crippen LogP contribution is 2.29. The van der Waals surface area contributed by atoms with Crippen LogP contribution in [0.5, 0.6) is 11.5 Å². The topological polar surface area (TPSA) is 81.7 Å². The van der Waals surface area contributed by atoms with Crippen molar-refractivity contribution in [2.24, 2.45) is 0 Å². The van der Waals surface area contributed by atoms with Crippen LogP contribution in [0.3, 0.4) is 0 Å². The molecule has 0 unspecified atom stereocenters. The van der Waals surface area contributed by atoms with Crippen molar-refractivity contribution >= 4 is 17.7 Å². The van der Waals surface area contributed by atoms with Gasteiger partial charge in [0.2, 0.25) is 0 Å². The van der Waals surface area contributed by atoms with E-state index in [9.17, 15) is 14.4 Å². The first-order valence-corrected chi connectivity index (χ1v) is 6.57. The Morgan fingerprint density at radius 2 is 1.62 bits per heavy atom. The Hall–Kier alpha value is -2.21. The molecule has 0 heterocycles. The van der Waals surface area contributed by atoms with Crippen LogP contribution in [0.2, 0.25) is 0 Å². The van der Waals surface area contributed by atoms with Crippen LogP contribution in [0.25, 0.3) is 0 Å². The highest BCUT2D eigenvalue weighted by Gasteiger charge is 2.14. The van der Waals surface area contributed by atoms with Crippen molar-refractivity contribution in [3.05, 3.63) is 23.8 Å². The third kappa shape index (κ3) is 5.74. The first-order valence-electron chi connectivity index (χ1n) is 6.57. The van der Waals surface area contributed by atoms with Gasteiger partial charge in [-0.1, -0.05) is 13.8 Å². The Bertz CT molecular complexity index is 551. The molecule has 0 aromatic heterocycles. The molecule has 0 aliphatic rings. The van der Waals surface area contributed by atoms with Crippen molar-refractivity contribution in [1.82, 2.24) is 5.32 Å². The number of rotatable bonds is 6. The lowest BCUT2D eigenvalue weighted by molar-refractivity contribution is -0.134. The molecule has 0 fully saturated rings. The molecule has 0 radical (unpaired) electrons. The number of ketones is 1. The predicted octanol–water partition coefficient (Wildman–Crippen LogP) is 1.72. The van der Waals surface area contributed by atoms with Crippen molar-refractivity contribution in [2.75, 3.05) is 6.54 Å². The van der Waals surface area contributed by atoms with E-state index in [-0.39, 0.29) is 29.9 Å². The summed E-state index contributed by atoms with van der Waals surface area (Å²) in [5, 5.41) is 3.01. The standard InChI is InChI=1S/C15H19NO5/c1-9(2)16-8-13(19)12-5-6-14(20-10(3)17)15(7-12)21-11(4)18/h5-7,9,16H,8H2,1-4H3. The molecule has 6 heteroatoms. The summed E-state index contributed by atoms with van der Waals surface area (Å²) in [5.41, 5.74) is 0.371. The monoisotopic (exact) mass is 293 g/mol. The normalized spacial score (nSPS) is 10.3. The lowest BCUT2D eigenvalue weighted by atomic mass is 10.1. The van der Waals surface area contributed by atoms with E-state index in [0.717, 1.165) is 0 Å². The first-order chi connectivity index (χ1) is 9.79. The maximum atomic E-state index is 12.0. The molecule has 0 bridgehead atoms. The molecule has 1 rings (SSSR count). The molecule has 1 N–H and O–H groups in total. The third-order valence-electron chi connectivity index (χ3n) is 2.44. The van der Waals surface area contributed by atoms with Crippen LogP contribution in [0, 0.1) is 0 Å². The number of carbonyl (C=O) groups is 3. The van der Waals surface area contributed by atoms with Crippen molar-refractivity contribution in [3.8, 4) is 11.5 Å². The van der Waals surface area contributed by atoms with Crippen LogP contribution in [0.15, 0.2) is 18.2 Å². The summed E-state index contributed by atoms with van der Waals surface area (Å²) >= 11 is 0. The maximum Gasteiger partial charge on any atom is 0.308 e. The van der Waals surface area contributed by atoms with E-state index in [1.807, 2.05) is 13.8 Å². The molecule has 0 atom stereocenters. The van der Waals surface area contributed by atoms with Crippen LogP contribution >= 0.6 is 0 Å². The van der Waals surface area contributed by atoms with E-state index >= 15 is 0 Å². The summed E-state index contributed by atoms with van der Waals surface area (Å²) in [6.45, 7) is 6.50. The van der Waals surface area contributed by atoms with Gasteiger partial charge in [-0.15, -0.1) is 0 Å². The fraction of sp³-hybridized carbons (Fsp3) is 0.400. The largest absolute Gasteiger partial charge is 0.423 e. The van der Waals surface area contributed by atoms with Gasteiger partial charge in [0, 0.05) is 25.5 Å². The van der Waals surface area contributed by atoms with Gasteiger partial charge in [0.15, 0.2) is 17.3 Å². The van der Waals surface area contributed by atoms with Gasteiger partial charge >= 0.3 is 11.9 Å². The molecular formula is C15H19NO5. The predicted molar refractivity (Wildman–Crippen MR) is 76.5 cm³/mol. The van der Waals surface area contributed by atoms with E-state index < -0.39 is 11.9 Å². The van der Waals surface area contributed by atoms with Crippen molar-refractivity contribution in [2.45, 2.75) is 33.7 Å². The smallest absolute Gasteiger partial charge is 0.308 e. The Morgan fingerprint density at radius 1 is 1.05 bits per heavy atom. The Morgan fingerprint density at radius 3 is 2.14 bits per heavy atom. The zero-order valence-corrected chi connectivity index (χ0v) is 12.6. The van der Waals surface area contributed by atoms with E-state index in [2.05, 4.69) is 5.32 Å². The molecule has 0 aliphatic heterocycles. The number of Topliss-reactive ketones (excluding diaryl/α,β-unsaturated/α-hetero) is 1. The minimum atomic E-state index is -0.562. The SMILES string of the molecule is CC(=O)Oc1ccc(C(=O)CNC(C)C)cc1OC(C)=O. The van der Waals surface area contributed by atoms with Gasteiger partial charge in [0.05, 0.1) is 6.54 Å². The van der Waals surface area contributed by atoms with Gasteiger partial charge in [-0.25, -0.2) is 0 Å². The number of ether oxygens (including phenoxy) is 2. The molecule has 0 saturated heterocycles. The zero-order chi connectivity index (χ0) is 16.0. The second kappa shape index (κ2) is 7.54. The van der Waals surface area contributed by atoms with Crippen LogP contribution in [-0.4, -0.2) is 30.3 Å². The fourth-order valence-corrected chi connectivity index (χ4v) is 1.55. The summed E-state index contributed by atoms with van der Waals surface area (Å²) in [6.07, 6.45) is 0. The van der Waals surface area contributed by atoms with Crippen LogP contribution < -0.4 is 14.8 Å². The number of hydrogen-bond acceptors (Lipinski definition) is 6. The Kier molecular flexibility index (Phi) is 6.05. The average molecular weight is 293 g/mol. The number of carbonyl (C=O) groups excluding carboxylic acids is 3. The minimum Gasteiger partial charge on any atom is -0.423 e. The summed E-state index contributed by atoms with van der Waals surface area (Å²) in [7, 11) is 0. The van der Waals surface area contributed by atoms with Crippen molar-refractivity contribution < 1.29 is 23.9 Å². The van der Waals surface area contributed by atoms with E-state index in [1.165, 1.54) is 32.0 Å². The molecule has 0 spiro atoms. The summed E-state index contributed by atoms with van der Waals surface area (Å²) in [4.78, 5) is 34.1. The molecule has 1 aromatic rings. The van der Waals surface area contributed by atoms with Crippen LogP contribution in [0.1, 0.15) is 38.1 Å². The molecular weight excluding hydrogens is 274 g/mol. The van der Waals surface area contributed by atoms with Gasteiger partial charge in [-0.05, 0) is 18.2 Å². The highest BCUT2D eigenvalue weighted by molar-refractivity contribution is 5.98. The molecule has 0 saturated carbocycles. The Balaban J connectivity index is 2.99. The zero-order valence-electron chi connectivity index (χ0n) is 12.6. The lowest BCUT2D eigenvalue weighted by Crippen LogP contribution is -2.29. The van der Waals surface area contributed by atoms with Crippen LogP contribution in [-0.2, 0) is 9.59 Å². The molecule has 1 aromatic carbocycles. The van der Waals surface area contributed by atoms with Crippen LogP contribution in [0.4, 0.5) is 0 Å². The van der Waals surface area contributed by atoms with Gasteiger partial charge in [-0.3, -0.25) is 14.4 Å². The second-order valence-electron chi connectivity index (χ2n) is 4.81. The summed E-state index contributed by atoms with van der Waals surface area (Å²) in [6, 6.07) is 4.53. The molecule has 21 heavy (non-hydrogen) atoms. The number of nitrogens with one attached hydrogen (secondary N) is 1. The van der Waals surface area contributed by atoms with E-state index in [1.54, 1.807) is 0 Å². The van der Waals surface area contributed by atoms with Gasteiger partial charge in [-0.2, -0.15) is 0 Å². The van der Waals surface area contributed by atoms with E-state index in [0.29, 0.717) is 5.56 Å². The van der Waals surface area contributed by atoms with Crippen molar-refractivity contribution in [3.63, 3.8) is 0 Å². The molecule has 6 nitrogen and oxygen atoms in total. The highest BCUT2D eigenvalue weighted by atomic mass is 16.6. The fourth-order valence-electron chi connectivity index (χ4n) is 1.55. The summed E-state index contributed by atoms with van der Waals surface area (Å²) < 4.78 is 9.91. The summed E-state index contributed by atoms with van der Waals surface area (Å²) in [5.74, 6) is -1.09. The minimum absolute atomic E-state index is 0.0492. The van der Waals surface area contributed by atoms with Crippen molar-refractivity contribution in [1.29, 1.82) is 0 Å². The lowest BCUT2D eigenvalue weighted by Gasteiger charge is -2.11. The first kappa shape index (κ1) is 16.8. The Labute approximate surface area is 123 Å². The van der Waals surface area contributed by atoms with E-state index in [4.69, 9.17) is 9.47 Å². The molecule has 0 amide bonds. The number of hydrogen-bond donors (Lipinski definition) is 1.